The summed E-state index contributed by atoms with van der Waals surface area (Å²) in [4.78, 5) is 25.1. The van der Waals surface area contributed by atoms with Gasteiger partial charge in [0.2, 0.25) is 0 Å². The fourth-order valence-corrected chi connectivity index (χ4v) is 6.33. The van der Waals surface area contributed by atoms with Crippen molar-refractivity contribution in [3.8, 4) is 0 Å². The number of carbonyl (C=O) groups is 2. The maximum absolute atomic E-state index is 12.9. The van der Waals surface area contributed by atoms with Crippen LogP contribution >= 0.6 is 0 Å². The Kier molecular flexibility index (Phi) is 33.4. The zero-order chi connectivity index (χ0) is 36.5. The van der Waals surface area contributed by atoms with Gasteiger partial charge < -0.3 is 14.0 Å². The summed E-state index contributed by atoms with van der Waals surface area (Å²) >= 11 is 0. The van der Waals surface area contributed by atoms with Crippen LogP contribution < -0.4 is 29.6 Å². The quantitative estimate of drug-likeness (QED) is 0.0232. The summed E-state index contributed by atoms with van der Waals surface area (Å²) in [7, 11) is -4.81. The van der Waals surface area contributed by atoms with E-state index in [-0.39, 0.29) is 53.9 Å². The molecule has 0 amide bonds. The third-order valence-electron chi connectivity index (χ3n) is 9.00. The van der Waals surface area contributed by atoms with E-state index in [0.717, 1.165) is 56.7 Å². The molecule has 0 spiro atoms. The van der Waals surface area contributed by atoms with Gasteiger partial charge in [0.15, 0.2) is 0 Å². The van der Waals surface area contributed by atoms with Gasteiger partial charge in [-0.05, 0) is 69.6 Å². The fraction of sp³-hybridized carbons (Fsp3) is 0.714. The topological polar surface area (TPSA) is 110 Å². The van der Waals surface area contributed by atoms with E-state index in [0.29, 0.717) is 12.8 Å². The van der Waals surface area contributed by atoms with Crippen LogP contribution in [0.2, 0.25) is 0 Å². The first-order valence-corrected chi connectivity index (χ1v) is 21.5. The van der Waals surface area contributed by atoms with Crippen molar-refractivity contribution in [2.24, 2.45) is 0 Å². The number of ether oxygens (including phenoxy) is 2. The molecule has 0 fully saturated rings. The molecule has 0 saturated heterocycles. The van der Waals surface area contributed by atoms with E-state index in [9.17, 15) is 22.6 Å². The van der Waals surface area contributed by atoms with Crippen LogP contribution in [0, 0.1) is 0 Å². The second kappa shape index (κ2) is 34.3. The Bertz CT molecular complexity index is 1180. The minimum absolute atomic E-state index is 0. The minimum atomic E-state index is -4.81. The average Bonchev–Trinajstić information content (AvgIpc) is 3.10. The molecule has 286 valence electrons. The Morgan fingerprint density at radius 1 is 0.529 bits per heavy atom. The van der Waals surface area contributed by atoms with Gasteiger partial charge in [-0.1, -0.05) is 154 Å². The monoisotopic (exact) mass is 740 g/mol. The molecule has 0 bridgehead atoms. The molecule has 0 atom stereocenters. The van der Waals surface area contributed by atoms with Crippen molar-refractivity contribution in [3.63, 3.8) is 0 Å². The maximum atomic E-state index is 12.9. The van der Waals surface area contributed by atoms with Crippen molar-refractivity contribution in [3.05, 3.63) is 53.6 Å². The van der Waals surface area contributed by atoms with Gasteiger partial charge in [0.25, 0.3) is 0 Å². The summed E-state index contributed by atoms with van der Waals surface area (Å²) in [5.41, 5.74) is -0.345. The van der Waals surface area contributed by atoms with Crippen LogP contribution in [-0.4, -0.2) is 38.1 Å². The van der Waals surface area contributed by atoms with Crippen molar-refractivity contribution in [2.75, 3.05) is 13.2 Å². The third kappa shape index (κ3) is 27.8. The Morgan fingerprint density at radius 2 is 0.863 bits per heavy atom. The molecule has 0 aliphatic rings. The molecule has 51 heavy (non-hydrogen) atoms. The van der Waals surface area contributed by atoms with Crippen molar-refractivity contribution >= 4 is 22.1 Å². The average molecular weight is 741 g/mol. The number of benzene rings is 1. The van der Waals surface area contributed by atoms with E-state index in [1.54, 1.807) is 0 Å². The second-order valence-electron chi connectivity index (χ2n) is 13.6. The van der Waals surface area contributed by atoms with E-state index in [1.807, 2.05) is 0 Å². The van der Waals surface area contributed by atoms with Crippen molar-refractivity contribution in [2.45, 2.75) is 186 Å². The summed E-state index contributed by atoms with van der Waals surface area (Å²) in [6, 6.07) is 3.12. The Hall–Kier alpha value is -1.45. The Morgan fingerprint density at radius 3 is 1.24 bits per heavy atom. The SMILES string of the molecule is CCCC/C=C/CCCCCCCCCCCOC(=O)c1ccc(S(=O)(=O)[O-])cc1C(=O)OCCCCCCCCCCC/C=C/CCCC.[Na+]. The van der Waals surface area contributed by atoms with E-state index >= 15 is 0 Å². The van der Waals surface area contributed by atoms with Gasteiger partial charge in [0.1, 0.15) is 10.1 Å². The Labute approximate surface area is 334 Å². The van der Waals surface area contributed by atoms with E-state index < -0.39 is 27.0 Å². The van der Waals surface area contributed by atoms with Gasteiger partial charge in [-0.25, -0.2) is 18.0 Å². The van der Waals surface area contributed by atoms with Gasteiger partial charge in [0.05, 0.1) is 29.2 Å². The summed E-state index contributed by atoms with van der Waals surface area (Å²) in [6.45, 7) is 4.80. The molecule has 0 aliphatic carbocycles. The molecule has 0 saturated carbocycles. The molecule has 1 aromatic rings. The van der Waals surface area contributed by atoms with E-state index in [1.165, 1.54) is 116 Å². The summed E-state index contributed by atoms with van der Waals surface area (Å²) < 4.78 is 45.6. The van der Waals surface area contributed by atoms with Crippen LogP contribution in [0.15, 0.2) is 47.4 Å². The van der Waals surface area contributed by atoms with Crippen molar-refractivity contribution in [1.29, 1.82) is 0 Å². The predicted octanol–water partition coefficient (Wildman–Crippen LogP) is 9.20. The number of hydrogen-bond acceptors (Lipinski definition) is 7. The number of carbonyl (C=O) groups excluding carboxylic acids is 2. The number of unbranched alkanes of at least 4 members (excludes halogenated alkanes) is 22. The zero-order valence-corrected chi connectivity index (χ0v) is 35.4. The van der Waals surface area contributed by atoms with Crippen molar-refractivity contribution < 1.29 is 61.6 Å². The minimum Gasteiger partial charge on any atom is -0.744 e. The molecule has 0 heterocycles. The first-order valence-electron chi connectivity index (χ1n) is 20.0. The molecule has 0 N–H and O–H groups in total. The maximum Gasteiger partial charge on any atom is 1.00 e. The molecular weight excluding hydrogens is 672 g/mol. The van der Waals surface area contributed by atoms with Gasteiger partial charge >= 0.3 is 41.5 Å². The van der Waals surface area contributed by atoms with Crippen LogP contribution in [0.4, 0.5) is 0 Å². The number of rotatable bonds is 33. The summed E-state index contributed by atoms with van der Waals surface area (Å²) in [5, 5.41) is 0. The van der Waals surface area contributed by atoms with Gasteiger partial charge in [-0.2, -0.15) is 0 Å². The molecular formula is C42H69NaO7S. The van der Waals surface area contributed by atoms with Gasteiger partial charge in [-0.15, -0.1) is 0 Å². The molecule has 0 aliphatic heterocycles. The molecule has 0 radical (unpaired) electrons. The molecule has 1 aromatic carbocycles. The standard InChI is InChI=1S/C42H70O7S.Na/c1-3-5-7-9-11-13-15-17-19-21-23-25-27-29-31-35-48-41(43)39-34-33-38(50(45,46)47)37-40(39)42(44)49-36-32-30-28-26-24-22-20-18-16-14-12-10-8-6-4-2;/h9-12,33-34,37H,3-8,13-32,35-36H2,1-2H3,(H,45,46,47);/q;+1/p-1/b11-9+,12-10+;. The van der Waals surface area contributed by atoms with Gasteiger partial charge in [0, 0.05) is 0 Å². The zero-order valence-electron chi connectivity index (χ0n) is 32.6. The molecule has 0 aromatic heterocycles. The summed E-state index contributed by atoms with van der Waals surface area (Å²) in [5.74, 6) is -1.55. The van der Waals surface area contributed by atoms with E-state index in [2.05, 4.69) is 38.2 Å². The molecule has 1 rings (SSSR count). The van der Waals surface area contributed by atoms with Crippen molar-refractivity contribution in [1.82, 2.24) is 0 Å². The largest absolute Gasteiger partial charge is 1.00 e. The van der Waals surface area contributed by atoms with Gasteiger partial charge in [-0.3, -0.25) is 0 Å². The first-order chi connectivity index (χ1) is 24.3. The fourth-order valence-electron chi connectivity index (χ4n) is 5.83. The Balaban J connectivity index is 0.0000250. The number of esters is 2. The molecule has 7 nitrogen and oxygen atoms in total. The second-order valence-corrected chi connectivity index (χ2v) is 15.0. The third-order valence-corrected chi connectivity index (χ3v) is 9.83. The van der Waals surface area contributed by atoms with Crippen LogP contribution in [0.3, 0.4) is 0 Å². The van der Waals surface area contributed by atoms with E-state index in [4.69, 9.17) is 9.47 Å². The first kappa shape index (κ1) is 49.6. The van der Waals surface area contributed by atoms with Crippen LogP contribution in [0.1, 0.15) is 202 Å². The molecule has 9 heteroatoms. The normalized spacial score (nSPS) is 11.7. The number of hydrogen-bond donors (Lipinski definition) is 0. The smallest absolute Gasteiger partial charge is 0.744 e. The predicted molar refractivity (Wildman–Crippen MR) is 205 cm³/mol. The van der Waals surface area contributed by atoms with Crippen LogP contribution in [-0.2, 0) is 19.6 Å². The summed E-state index contributed by atoms with van der Waals surface area (Å²) in [6.07, 6.45) is 39.3. The number of allylic oxidation sites excluding steroid dienone is 4. The van der Waals surface area contributed by atoms with Crippen LogP contribution in [0.5, 0.6) is 0 Å². The molecule has 0 unspecified atom stereocenters. The van der Waals surface area contributed by atoms with Crippen LogP contribution in [0.25, 0.3) is 0 Å².